The summed E-state index contributed by atoms with van der Waals surface area (Å²) in [5.74, 6) is -0.124. The second kappa shape index (κ2) is 7.62. The van der Waals surface area contributed by atoms with Crippen LogP contribution in [0.15, 0.2) is 46.6 Å². The van der Waals surface area contributed by atoms with Gasteiger partial charge < -0.3 is 0 Å². The Bertz CT molecular complexity index is 897. The zero-order valence-electron chi connectivity index (χ0n) is 15.8. The standard InChI is InChI=1S/C21H24FN3S/c1-12(2)19(17-6-7-23-11-18(17)22)20-15(5)24-25-21(20)26-16-9-13(3)8-14(4)10-16/h6-12,19H,1-5H3,(H,24,25). The number of nitrogens with zero attached hydrogens (tertiary/aromatic N) is 2. The number of aryl methyl sites for hydroxylation is 3. The average Bonchev–Trinajstić information content (AvgIpc) is 2.89. The highest BCUT2D eigenvalue weighted by Gasteiger charge is 2.28. The molecule has 0 amide bonds. The van der Waals surface area contributed by atoms with E-state index in [1.54, 1.807) is 24.0 Å². The molecule has 0 saturated heterocycles. The minimum absolute atomic E-state index is 0.0786. The molecule has 26 heavy (non-hydrogen) atoms. The zero-order chi connectivity index (χ0) is 18.8. The normalized spacial score (nSPS) is 12.6. The number of hydrogen-bond donors (Lipinski definition) is 1. The van der Waals surface area contributed by atoms with E-state index in [0.717, 1.165) is 21.2 Å². The first-order chi connectivity index (χ1) is 12.4. The van der Waals surface area contributed by atoms with E-state index in [4.69, 9.17) is 0 Å². The molecule has 0 fully saturated rings. The Hall–Kier alpha value is -2.14. The number of aromatic nitrogens is 3. The maximum Gasteiger partial charge on any atom is 0.145 e. The smallest absolute Gasteiger partial charge is 0.145 e. The van der Waals surface area contributed by atoms with Crippen LogP contribution in [-0.4, -0.2) is 15.2 Å². The highest BCUT2D eigenvalue weighted by atomic mass is 32.2. The average molecular weight is 370 g/mol. The van der Waals surface area contributed by atoms with Crippen molar-refractivity contribution in [3.63, 3.8) is 0 Å². The molecular weight excluding hydrogens is 345 g/mol. The first-order valence-corrected chi connectivity index (χ1v) is 9.59. The van der Waals surface area contributed by atoms with Crippen molar-refractivity contribution < 1.29 is 4.39 Å². The van der Waals surface area contributed by atoms with Gasteiger partial charge in [0, 0.05) is 28.3 Å². The molecule has 0 aliphatic heterocycles. The highest BCUT2D eigenvalue weighted by molar-refractivity contribution is 7.99. The summed E-state index contributed by atoms with van der Waals surface area (Å²) in [5.41, 5.74) is 5.16. The van der Waals surface area contributed by atoms with Gasteiger partial charge in [0.2, 0.25) is 0 Å². The Kier molecular flexibility index (Phi) is 5.47. The van der Waals surface area contributed by atoms with E-state index in [0.29, 0.717) is 5.56 Å². The van der Waals surface area contributed by atoms with Gasteiger partial charge in [-0.2, -0.15) is 5.10 Å². The maximum atomic E-state index is 14.5. The molecule has 1 atom stereocenters. The number of hydrogen-bond acceptors (Lipinski definition) is 3. The summed E-state index contributed by atoms with van der Waals surface area (Å²) < 4.78 is 14.5. The van der Waals surface area contributed by atoms with Gasteiger partial charge in [0.15, 0.2) is 0 Å². The lowest BCUT2D eigenvalue weighted by Gasteiger charge is -2.23. The summed E-state index contributed by atoms with van der Waals surface area (Å²) in [7, 11) is 0. The summed E-state index contributed by atoms with van der Waals surface area (Å²) in [6.07, 6.45) is 2.94. The molecular formula is C21H24FN3S. The maximum absolute atomic E-state index is 14.5. The second-order valence-electron chi connectivity index (χ2n) is 7.11. The predicted octanol–water partition coefficient (Wildman–Crippen LogP) is 5.81. The SMILES string of the molecule is Cc1cc(C)cc(Sc2n[nH]c(C)c2C(c2ccncc2F)C(C)C)c1. The number of rotatable bonds is 5. The molecule has 3 aromatic rings. The van der Waals surface area contributed by atoms with Crippen LogP contribution < -0.4 is 0 Å². The molecule has 1 N–H and O–H groups in total. The van der Waals surface area contributed by atoms with Gasteiger partial charge in [0.05, 0.1) is 6.20 Å². The van der Waals surface area contributed by atoms with Gasteiger partial charge in [-0.3, -0.25) is 10.1 Å². The van der Waals surface area contributed by atoms with E-state index < -0.39 is 0 Å². The van der Waals surface area contributed by atoms with Crippen LogP contribution in [0.25, 0.3) is 0 Å². The van der Waals surface area contributed by atoms with Crippen LogP contribution >= 0.6 is 11.8 Å². The Morgan fingerprint density at radius 1 is 1.08 bits per heavy atom. The van der Waals surface area contributed by atoms with Crippen molar-refractivity contribution >= 4 is 11.8 Å². The van der Waals surface area contributed by atoms with E-state index in [1.807, 2.05) is 6.92 Å². The molecule has 1 unspecified atom stereocenters. The third-order valence-electron chi connectivity index (χ3n) is 4.49. The quantitative estimate of drug-likeness (QED) is 0.617. The van der Waals surface area contributed by atoms with Crippen LogP contribution in [0.1, 0.15) is 47.7 Å². The zero-order valence-corrected chi connectivity index (χ0v) is 16.6. The first-order valence-electron chi connectivity index (χ1n) is 8.77. The lowest BCUT2D eigenvalue weighted by Crippen LogP contribution is -2.12. The Labute approximate surface area is 158 Å². The second-order valence-corrected chi connectivity index (χ2v) is 8.17. The van der Waals surface area contributed by atoms with E-state index in [9.17, 15) is 4.39 Å². The molecule has 0 radical (unpaired) electrons. The van der Waals surface area contributed by atoms with Gasteiger partial charge in [0.1, 0.15) is 10.8 Å². The van der Waals surface area contributed by atoms with E-state index >= 15 is 0 Å². The van der Waals surface area contributed by atoms with E-state index in [2.05, 4.69) is 61.1 Å². The number of halogens is 1. The third-order valence-corrected chi connectivity index (χ3v) is 5.46. The molecule has 3 rings (SSSR count). The Morgan fingerprint density at radius 2 is 1.77 bits per heavy atom. The fourth-order valence-corrected chi connectivity index (χ4v) is 4.64. The summed E-state index contributed by atoms with van der Waals surface area (Å²) in [6, 6.07) is 8.24. The summed E-state index contributed by atoms with van der Waals surface area (Å²) >= 11 is 1.63. The Balaban J connectivity index is 2.07. The van der Waals surface area contributed by atoms with Gasteiger partial charge in [0.25, 0.3) is 0 Å². The van der Waals surface area contributed by atoms with E-state index in [-0.39, 0.29) is 17.7 Å². The minimum Gasteiger partial charge on any atom is -0.281 e. The largest absolute Gasteiger partial charge is 0.281 e. The van der Waals surface area contributed by atoms with Crippen molar-refractivity contribution in [2.75, 3.05) is 0 Å². The molecule has 1 aromatic carbocycles. The number of pyridine rings is 1. The molecule has 136 valence electrons. The van der Waals surface area contributed by atoms with Crippen LogP contribution in [0.2, 0.25) is 0 Å². The summed E-state index contributed by atoms with van der Waals surface area (Å²) in [5, 5.41) is 8.54. The van der Waals surface area contributed by atoms with Crippen molar-refractivity contribution in [3.8, 4) is 0 Å². The molecule has 0 aliphatic carbocycles. The van der Waals surface area contributed by atoms with Crippen LogP contribution in [-0.2, 0) is 0 Å². The first kappa shape index (κ1) is 18.6. The van der Waals surface area contributed by atoms with Gasteiger partial charge in [-0.1, -0.05) is 31.7 Å². The topological polar surface area (TPSA) is 41.6 Å². The third kappa shape index (κ3) is 3.83. The highest BCUT2D eigenvalue weighted by Crippen LogP contribution is 2.41. The molecule has 2 heterocycles. The van der Waals surface area contributed by atoms with Crippen molar-refractivity contribution in [2.24, 2.45) is 5.92 Å². The lowest BCUT2D eigenvalue weighted by molar-refractivity contribution is 0.515. The van der Waals surface area contributed by atoms with Crippen LogP contribution in [0, 0.1) is 32.5 Å². The summed E-state index contributed by atoms with van der Waals surface area (Å²) in [6.45, 7) is 10.4. The van der Waals surface area contributed by atoms with Crippen LogP contribution in [0.5, 0.6) is 0 Å². The number of aromatic amines is 1. The van der Waals surface area contributed by atoms with Gasteiger partial charge >= 0.3 is 0 Å². The number of nitrogens with one attached hydrogen (secondary N) is 1. The predicted molar refractivity (Wildman–Crippen MR) is 104 cm³/mol. The van der Waals surface area contributed by atoms with Gasteiger partial charge in [-0.15, -0.1) is 0 Å². The molecule has 0 bridgehead atoms. The summed E-state index contributed by atoms with van der Waals surface area (Å²) in [4.78, 5) is 5.04. The fourth-order valence-electron chi connectivity index (χ4n) is 3.45. The molecule has 3 nitrogen and oxygen atoms in total. The van der Waals surface area contributed by atoms with E-state index in [1.165, 1.54) is 17.3 Å². The lowest BCUT2D eigenvalue weighted by atomic mass is 9.83. The van der Waals surface area contributed by atoms with Crippen LogP contribution in [0.3, 0.4) is 0 Å². The molecule has 0 spiro atoms. The van der Waals surface area contributed by atoms with Crippen molar-refractivity contribution in [1.29, 1.82) is 0 Å². The number of H-pyrrole nitrogens is 1. The van der Waals surface area contributed by atoms with Crippen molar-refractivity contribution in [1.82, 2.24) is 15.2 Å². The molecule has 0 saturated carbocycles. The Morgan fingerprint density at radius 3 is 2.38 bits per heavy atom. The minimum atomic E-state index is -0.269. The molecule has 0 aliphatic rings. The van der Waals surface area contributed by atoms with Gasteiger partial charge in [-0.05, 0) is 61.6 Å². The van der Waals surface area contributed by atoms with Gasteiger partial charge in [-0.25, -0.2) is 4.39 Å². The van der Waals surface area contributed by atoms with Crippen molar-refractivity contribution in [3.05, 3.63) is 70.4 Å². The van der Waals surface area contributed by atoms with Crippen LogP contribution in [0.4, 0.5) is 4.39 Å². The number of benzene rings is 1. The monoisotopic (exact) mass is 369 g/mol. The molecule has 5 heteroatoms. The van der Waals surface area contributed by atoms with Crippen molar-refractivity contribution in [2.45, 2.75) is 50.5 Å². The fraction of sp³-hybridized carbons (Fsp3) is 0.333. The molecule has 2 aromatic heterocycles.